The van der Waals surface area contributed by atoms with Crippen molar-refractivity contribution < 1.29 is 4.74 Å². The van der Waals surface area contributed by atoms with Crippen LogP contribution in [-0.4, -0.2) is 9.97 Å². The lowest BCUT2D eigenvalue weighted by atomic mass is 9.66. The van der Waals surface area contributed by atoms with Gasteiger partial charge in [0.1, 0.15) is 11.5 Å². The van der Waals surface area contributed by atoms with E-state index in [0.717, 1.165) is 50.7 Å². The topological polar surface area (TPSA) is 35.0 Å². The molecule has 0 atom stereocenters. The number of hydrogen-bond acceptors (Lipinski definition) is 3. The van der Waals surface area contributed by atoms with E-state index in [1.165, 1.54) is 33.0 Å². The monoisotopic (exact) mass is 612 g/mol. The van der Waals surface area contributed by atoms with Crippen LogP contribution in [0, 0.1) is 0 Å². The lowest BCUT2D eigenvalue weighted by Gasteiger charge is -2.39. The molecule has 0 radical (unpaired) electrons. The van der Waals surface area contributed by atoms with Crippen LogP contribution in [0.15, 0.2) is 170 Å². The van der Waals surface area contributed by atoms with E-state index in [1.807, 2.05) is 18.2 Å². The highest BCUT2D eigenvalue weighted by Crippen LogP contribution is 2.62. The van der Waals surface area contributed by atoms with E-state index in [9.17, 15) is 0 Å². The maximum Gasteiger partial charge on any atom is 0.160 e. The summed E-state index contributed by atoms with van der Waals surface area (Å²) in [4.78, 5) is 10.3. The van der Waals surface area contributed by atoms with Crippen LogP contribution < -0.4 is 4.74 Å². The minimum atomic E-state index is -0.493. The highest BCUT2D eigenvalue weighted by Gasteiger charge is 2.50. The molecule has 0 amide bonds. The molecule has 3 heteroatoms. The molecule has 8 aromatic rings. The summed E-state index contributed by atoms with van der Waals surface area (Å²) >= 11 is 0. The number of fused-ring (bicyclic) bond motifs is 10. The number of rotatable bonds is 3. The van der Waals surface area contributed by atoms with E-state index in [-0.39, 0.29) is 0 Å². The Morgan fingerprint density at radius 2 is 0.938 bits per heavy atom. The molecule has 1 aliphatic carbocycles. The van der Waals surface area contributed by atoms with E-state index in [4.69, 9.17) is 14.7 Å². The zero-order valence-electron chi connectivity index (χ0n) is 26.0. The van der Waals surface area contributed by atoms with Crippen molar-refractivity contribution >= 4 is 10.8 Å². The molecule has 3 nitrogen and oxygen atoms in total. The third-order valence-electron chi connectivity index (χ3n) is 9.95. The van der Waals surface area contributed by atoms with Gasteiger partial charge >= 0.3 is 0 Å². The average Bonchev–Trinajstić information content (AvgIpc) is 3.45. The molecule has 0 saturated heterocycles. The summed E-state index contributed by atoms with van der Waals surface area (Å²) in [7, 11) is 0. The second kappa shape index (κ2) is 10.3. The van der Waals surface area contributed by atoms with Crippen molar-refractivity contribution in [2.75, 3.05) is 0 Å². The maximum absolute atomic E-state index is 6.51. The van der Waals surface area contributed by atoms with Gasteiger partial charge in [0.05, 0.1) is 16.8 Å². The predicted molar refractivity (Wildman–Crippen MR) is 193 cm³/mol. The van der Waals surface area contributed by atoms with E-state index in [1.54, 1.807) is 0 Å². The van der Waals surface area contributed by atoms with Crippen molar-refractivity contribution in [1.29, 1.82) is 0 Å². The Morgan fingerprint density at radius 1 is 0.375 bits per heavy atom. The lowest BCUT2D eigenvalue weighted by molar-refractivity contribution is 0.436. The molecule has 48 heavy (non-hydrogen) atoms. The summed E-state index contributed by atoms with van der Waals surface area (Å²) < 4.78 is 6.51. The van der Waals surface area contributed by atoms with E-state index in [2.05, 4.69) is 152 Å². The molecule has 224 valence electrons. The fourth-order valence-electron chi connectivity index (χ4n) is 7.83. The summed E-state index contributed by atoms with van der Waals surface area (Å²) in [6.45, 7) is 0. The Morgan fingerprint density at radius 3 is 1.69 bits per heavy atom. The quantitative estimate of drug-likeness (QED) is 0.199. The van der Waals surface area contributed by atoms with Gasteiger partial charge in [0.2, 0.25) is 0 Å². The van der Waals surface area contributed by atoms with Crippen LogP contribution in [0.2, 0.25) is 0 Å². The minimum absolute atomic E-state index is 0.493. The molecule has 1 spiro atoms. The standard InChI is InChI=1S/C45H28N2O/c1-2-13-30(14-3-1)44-46-40(32-23-22-29-12-4-5-15-31(29)26-32)28-41(47-44)33-24-25-37-35(27-33)34-16-6-7-17-36(34)45(37)38-18-8-10-20-42(38)48-43-21-11-9-19-39(43)45/h1-28H. The Labute approximate surface area is 278 Å². The van der Waals surface area contributed by atoms with Crippen LogP contribution >= 0.6 is 0 Å². The van der Waals surface area contributed by atoms with Crippen LogP contribution in [0.1, 0.15) is 22.3 Å². The summed E-state index contributed by atoms with van der Waals surface area (Å²) in [6.07, 6.45) is 0. The van der Waals surface area contributed by atoms with Gasteiger partial charge in [-0.15, -0.1) is 0 Å². The summed E-state index contributed by atoms with van der Waals surface area (Å²) in [5, 5.41) is 2.40. The first-order chi connectivity index (χ1) is 23.8. The zero-order valence-corrected chi connectivity index (χ0v) is 26.0. The first-order valence-corrected chi connectivity index (χ1v) is 16.3. The SMILES string of the molecule is c1ccc(-c2nc(-c3ccc4c(c3)-c3ccccc3C43c4ccccc4Oc4ccccc43)cc(-c3ccc4ccccc4c3)n2)cc1. The van der Waals surface area contributed by atoms with E-state index >= 15 is 0 Å². The lowest BCUT2D eigenvalue weighted by Crippen LogP contribution is -2.32. The largest absolute Gasteiger partial charge is 0.457 e. The number of para-hydroxylation sites is 2. The molecule has 0 unspecified atom stereocenters. The van der Waals surface area contributed by atoms with Crippen LogP contribution in [0.25, 0.3) is 55.8 Å². The van der Waals surface area contributed by atoms with Crippen molar-refractivity contribution in [3.63, 3.8) is 0 Å². The number of ether oxygens (including phenoxy) is 1. The Balaban J connectivity index is 1.21. The molecule has 2 aliphatic rings. The van der Waals surface area contributed by atoms with E-state index < -0.39 is 5.41 Å². The Kier molecular flexibility index (Phi) is 5.79. The molecule has 0 N–H and O–H groups in total. The maximum atomic E-state index is 6.51. The fourth-order valence-corrected chi connectivity index (χ4v) is 7.83. The molecule has 0 bridgehead atoms. The second-order valence-electron chi connectivity index (χ2n) is 12.5. The number of aromatic nitrogens is 2. The molecular formula is C45H28N2O. The van der Waals surface area contributed by atoms with Gasteiger partial charge in [-0.05, 0) is 63.4 Å². The molecule has 1 aromatic heterocycles. The molecule has 7 aromatic carbocycles. The van der Waals surface area contributed by atoms with Gasteiger partial charge in [0.25, 0.3) is 0 Å². The van der Waals surface area contributed by atoms with E-state index in [0.29, 0.717) is 5.82 Å². The van der Waals surface area contributed by atoms with Crippen LogP contribution in [0.4, 0.5) is 0 Å². The van der Waals surface area contributed by atoms with Gasteiger partial charge in [-0.1, -0.05) is 140 Å². The summed E-state index contributed by atoms with van der Waals surface area (Å²) in [6, 6.07) is 60.0. The number of hydrogen-bond donors (Lipinski definition) is 0. The first kappa shape index (κ1) is 26.9. The number of benzene rings is 7. The fraction of sp³-hybridized carbons (Fsp3) is 0.0222. The van der Waals surface area contributed by atoms with Crippen molar-refractivity contribution in [3.05, 3.63) is 192 Å². The molecule has 10 rings (SSSR count). The van der Waals surface area contributed by atoms with Crippen molar-refractivity contribution in [1.82, 2.24) is 9.97 Å². The molecular weight excluding hydrogens is 585 g/mol. The van der Waals surface area contributed by atoms with Crippen LogP contribution in [0.3, 0.4) is 0 Å². The van der Waals surface area contributed by atoms with Gasteiger partial charge in [0.15, 0.2) is 5.82 Å². The van der Waals surface area contributed by atoms with Crippen molar-refractivity contribution in [3.8, 4) is 56.5 Å². The third kappa shape index (κ3) is 3.88. The Hall–Kier alpha value is -6.32. The smallest absolute Gasteiger partial charge is 0.160 e. The molecule has 1 aliphatic heterocycles. The van der Waals surface area contributed by atoms with Crippen LogP contribution in [0.5, 0.6) is 11.5 Å². The first-order valence-electron chi connectivity index (χ1n) is 16.3. The van der Waals surface area contributed by atoms with Gasteiger partial charge in [-0.3, -0.25) is 0 Å². The van der Waals surface area contributed by atoms with Gasteiger partial charge in [0, 0.05) is 27.8 Å². The number of nitrogens with zero attached hydrogens (tertiary/aromatic N) is 2. The van der Waals surface area contributed by atoms with Gasteiger partial charge in [-0.25, -0.2) is 9.97 Å². The molecule has 0 saturated carbocycles. The molecule has 0 fully saturated rings. The van der Waals surface area contributed by atoms with Gasteiger partial charge < -0.3 is 4.74 Å². The van der Waals surface area contributed by atoms with Gasteiger partial charge in [-0.2, -0.15) is 0 Å². The highest BCUT2D eigenvalue weighted by atomic mass is 16.5. The normalized spacial score (nSPS) is 13.3. The Bertz CT molecular complexity index is 2510. The zero-order chi connectivity index (χ0) is 31.7. The highest BCUT2D eigenvalue weighted by molar-refractivity contribution is 5.91. The third-order valence-corrected chi connectivity index (χ3v) is 9.95. The van der Waals surface area contributed by atoms with Crippen LogP contribution in [-0.2, 0) is 5.41 Å². The summed E-state index contributed by atoms with van der Waals surface area (Å²) in [5.41, 5.74) is 11.7. The second-order valence-corrected chi connectivity index (χ2v) is 12.5. The van der Waals surface area contributed by atoms with Crippen molar-refractivity contribution in [2.24, 2.45) is 0 Å². The minimum Gasteiger partial charge on any atom is -0.457 e. The average molecular weight is 613 g/mol. The summed E-state index contributed by atoms with van der Waals surface area (Å²) in [5.74, 6) is 2.50. The van der Waals surface area contributed by atoms with Crippen molar-refractivity contribution in [2.45, 2.75) is 5.41 Å². The predicted octanol–water partition coefficient (Wildman–Crippen LogP) is 11.1. The molecule has 2 heterocycles.